The van der Waals surface area contributed by atoms with Gasteiger partial charge in [0.05, 0.1) is 11.3 Å². The lowest BCUT2D eigenvalue weighted by molar-refractivity contribution is -0.646. The Hall–Kier alpha value is -2.98. The highest BCUT2D eigenvalue weighted by molar-refractivity contribution is 5.84. The highest BCUT2D eigenvalue weighted by Crippen LogP contribution is 2.25. The normalized spacial score (nSPS) is 14.2. The van der Waals surface area contributed by atoms with Crippen molar-refractivity contribution in [1.82, 2.24) is 0 Å². The second-order valence-electron chi connectivity index (χ2n) is 9.86. The second kappa shape index (κ2) is 12.9. The van der Waals surface area contributed by atoms with E-state index >= 15 is 0 Å². The van der Waals surface area contributed by atoms with Crippen molar-refractivity contribution >= 4 is 45.4 Å². The second-order valence-corrected chi connectivity index (χ2v) is 9.86. The summed E-state index contributed by atoms with van der Waals surface area (Å²) in [6, 6.07) is 15.1. The predicted molar refractivity (Wildman–Crippen MR) is 152 cm³/mol. The van der Waals surface area contributed by atoms with Crippen molar-refractivity contribution < 1.29 is 42.1 Å². The summed E-state index contributed by atoms with van der Waals surface area (Å²) in [6.45, 7) is 8.24. The minimum absolute atomic E-state index is 0. The predicted octanol–water partition coefficient (Wildman–Crippen LogP) is 2.77. The molecule has 1 saturated heterocycles. The van der Waals surface area contributed by atoms with Crippen molar-refractivity contribution in [3.05, 3.63) is 76.0 Å². The molecule has 0 bridgehead atoms. The maximum Gasteiger partial charge on any atom is 0.343 e. The number of aryl methyl sites for hydroxylation is 1. The van der Waals surface area contributed by atoms with Crippen LogP contribution in [0.1, 0.15) is 37.9 Å². The zero-order chi connectivity index (χ0) is 26.6. The summed E-state index contributed by atoms with van der Waals surface area (Å²) >= 11 is 0. The highest BCUT2D eigenvalue weighted by atomic mass is 127. The number of pyridine rings is 1. The van der Waals surface area contributed by atoms with Crippen molar-refractivity contribution in [3.8, 4) is 0 Å². The lowest BCUT2D eigenvalue weighted by atomic mass is 10.0. The number of hydrogen-bond donors (Lipinski definition) is 1. The summed E-state index contributed by atoms with van der Waals surface area (Å²) in [5.74, 6) is 0.227. The van der Waals surface area contributed by atoms with Gasteiger partial charge in [0.15, 0.2) is 0 Å². The van der Waals surface area contributed by atoms with Crippen LogP contribution in [0.4, 0.5) is 15.8 Å². The molecule has 0 unspecified atom stereocenters. The molecular formula is C31H35FIN3O3. The fraction of sp³-hybridized carbons (Fsp3) is 0.355. The van der Waals surface area contributed by atoms with Gasteiger partial charge >= 0.3 is 5.63 Å². The summed E-state index contributed by atoms with van der Waals surface area (Å²) in [6.07, 6.45) is 5.65. The third-order valence-electron chi connectivity index (χ3n) is 7.53. The van der Waals surface area contributed by atoms with Crippen molar-refractivity contribution in [3.63, 3.8) is 0 Å². The third kappa shape index (κ3) is 6.44. The SMILES string of the molecule is CCN(CC)c1ccc2cc(/C=C/c3ccc4cc(F)c(NCC5CCOCC5)cc4[n+]3C)c(=O)oc2c1.[I-]. The largest absolute Gasteiger partial charge is 1.00 e. The standard InChI is InChI=1S/C31H34FN3O3.HI/c1-4-35(5-2)26-11-7-23-16-24(31(36)38-30(23)18-26)8-10-25-9-6-22-17-27(32)28(19-29(22)34(25)3)33-20-21-12-14-37-15-13-21;/h6-11,16-19,21H,4-5,12-15,20H2,1-3H3;1H/b10-8+;. The molecule has 0 aliphatic carbocycles. The zero-order valence-electron chi connectivity index (χ0n) is 22.7. The van der Waals surface area contributed by atoms with Crippen LogP contribution in [-0.2, 0) is 11.8 Å². The van der Waals surface area contributed by atoms with Gasteiger partial charge in [0.25, 0.3) is 0 Å². The first-order chi connectivity index (χ1) is 18.5. The molecule has 0 atom stereocenters. The number of benzene rings is 2. The Kier molecular flexibility index (Phi) is 9.61. The van der Waals surface area contributed by atoms with Gasteiger partial charge in [-0.3, -0.25) is 0 Å². The van der Waals surface area contributed by atoms with Crippen LogP contribution in [0.2, 0.25) is 0 Å². The van der Waals surface area contributed by atoms with E-state index in [1.54, 1.807) is 12.1 Å². The van der Waals surface area contributed by atoms with E-state index in [4.69, 9.17) is 9.15 Å². The van der Waals surface area contributed by atoms with E-state index in [0.717, 1.165) is 73.4 Å². The quantitative estimate of drug-likeness (QED) is 0.182. The number of aromatic nitrogens is 1. The van der Waals surface area contributed by atoms with Gasteiger partial charge in [-0.25, -0.2) is 9.18 Å². The van der Waals surface area contributed by atoms with E-state index < -0.39 is 0 Å². The average Bonchev–Trinajstić information content (AvgIpc) is 2.93. The zero-order valence-corrected chi connectivity index (χ0v) is 24.8. The van der Waals surface area contributed by atoms with Gasteiger partial charge in [-0.05, 0) is 69.0 Å². The number of nitrogens with one attached hydrogen (secondary N) is 1. The van der Waals surface area contributed by atoms with Crippen LogP contribution < -0.4 is 44.4 Å². The molecule has 5 rings (SSSR count). The van der Waals surface area contributed by atoms with Gasteiger partial charge < -0.3 is 43.3 Å². The molecule has 2 aromatic carbocycles. The summed E-state index contributed by atoms with van der Waals surface area (Å²) in [5.41, 5.74) is 4.00. The van der Waals surface area contributed by atoms with Gasteiger partial charge in [0, 0.05) is 73.6 Å². The maximum atomic E-state index is 14.8. The number of rotatable bonds is 8. The number of anilines is 2. The van der Waals surface area contributed by atoms with E-state index in [1.165, 1.54) is 0 Å². The van der Waals surface area contributed by atoms with Crippen LogP contribution in [0.25, 0.3) is 34.0 Å². The molecule has 4 aromatic rings. The first kappa shape index (κ1) is 29.0. The summed E-state index contributed by atoms with van der Waals surface area (Å²) in [5, 5.41) is 4.99. The van der Waals surface area contributed by atoms with Gasteiger partial charge in [0.1, 0.15) is 18.4 Å². The lowest BCUT2D eigenvalue weighted by Crippen LogP contribution is -3.00. The van der Waals surface area contributed by atoms with Crippen LogP contribution >= 0.6 is 0 Å². The molecule has 6 nitrogen and oxygen atoms in total. The number of hydrogen-bond acceptors (Lipinski definition) is 5. The minimum atomic E-state index is -0.379. The molecule has 1 N–H and O–H groups in total. The van der Waals surface area contributed by atoms with Crippen molar-refractivity contribution in [2.75, 3.05) is 43.1 Å². The number of halogens is 2. The van der Waals surface area contributed by atoms with Crippen molar-refractivity contribution in [2.45, 2.75) is 26.7 Å². The molecule has 8 heteroatoms. The van der Waals surface area contributed by atoms with Gasteiger partial charge in [-0.1, -0.05) is 0 Å². The Morgan fingerprint density at radius 1 is 1.03 bits per heavy atom. The Morgan fingerprint density at radius 3 is 2.51 bits per heavy atom. The molecule has 0 amide bonds. The molecule has 1 aliphatic heterocycles. The van der Waals surface area contributed by atoms with Crippen LogP contribution in [-0.4, -0.2) is 32.8 Å². The van der Waals surface area contributed by atoms with Crippen LogP contribution in [0, 0.1) is 11.7 Å². The van der Waals surface area contributed by atoms with Gasteiger partial charge in [-0.2, -0.15) is 4.57 Å². The first-order valence-electron chi connectivity index (χ1n) is 13.4. The van der Waals surface area contributed by atoms with Crippen LogP contribution in [0.5, 0.6) is 0 Å². The molecule has 1 fully saturated rings. The van der Waals surface area contributed by atoms with E-state index in [0.29, 0.717) is 22.8 Å². The van der Waals surface area contributed by atoms with Crippen LogP contribution in [0.15, 0.2) is 57.7 Å². The fourth-order valence-corrected chi connectivity index (χ4v) is 5.13. The molecule has 39 heavy (non-hydrogen) atoms. The first-order valence-corrected chi connectivity index (χ1v) is 13.4. The lowest BCUT2D eigenvalue weighted by Gasteiger charge is -2.22. The average molecular weight is 644 g/mol. The molecule has 3 heterocycles. The Bertz CT molecular complexity index is 1540. The number of ether oxygens (including phenoxy) is 1. The molecule has 2 aromatic heterocycles. The summed E-state index contributed by atoms with van der Waals surface area (Å²) < 4.78 is 27.9. The van der Waals surface area contributed by atoms with E-state index in [9.17, 15) is 9.18 Å². The van der Waals surface area contributed by atoms with Crippen LogP contribution in [0.3, 0.4) is 0 Å². The highest BCUT2D eigenvalue weighted by Gasteiger charge is 2.17. The van der Waals surface area contributed by atoms with Crippen molar-refractivity contribution in [1.29, 1.82) is 0 Å². The topological polar surface area (TPSA) is 58.6 Å². The molecule has 0 spiro atoms. The van der Waals surface area contributed by atoms with E-state index in [1.807, 2.05) is 54.1 Å². The Balaban J connectivity index is 0.00000353. The molecule has 0 saturated carbocycles. The van der Waals surface area contributed by atoms with E-state index in [2.05, 4.69) is 30.1 Å². The van der Waals surface area contributed by atoms with Gasteiger partial charge in [-0.15, -0.1) is 0 Å². The van der Waals surface area contributed by atoms with Gasteiger partial charge in [0.2, 0.25) is 11.2 Å². The summed E-state index contributed by atoms with van der Waals surface area (Å²) in [7, 11) is 1.94. The fourth-order valence-electron chi connectivity index (χ4n) is 5.13. The van der Waals surface area contributed by atoms with Crippen molar-refractivity contribution in [2.24, 2.45) is 13.0 Å². The van der Waals surface area contributed by atoms with E-state index in [-0.39, 0.29) is 35.4 Å². The minimum Gasteiger partial charge on any atom is -1.00 e. The Labute approximate surface area is 245 Å². The molecule has 1 aliphatic rings. The maximum absolute atomic E-state index is 14.8. The molecule has 206 valence electrons. The smallest absolute Gasteiger partial charge is 0.343 e. The third-order valence-corrected chi connectivity index (χ3v) is 7.53. The molecule has 0 radical (unpaired) electrons. The Morgan fingerprint density at radius 2 is 1.77 bits per heavy atom. The molecular weight excluding hydrogens is 608 g/mol. The monoisotopic (exact) mass is 643 g/mol. The number of fused-ring (bicyclic) bond motifs is 2. The number of nitrogens with zero attached hydrogens (tertiary/aromatic N) is 2. The summed E-state index contributed by atoms with van der Waals surface area (Å²) in [4.78, 5) is 15.0.